The topological polar surface area (TPSA) is 42.7 Å². The lowest BCUT2D eigenvalue weighted by molar-refractivity contribution is 0.734. The van der Waals surface area contributed by atoms with E-state index in [1.54, 1.807) is 11.0 Å². The Morgan fingerprint density at radius 2 is 2.16 bits per heavy atom. The molecule has 0 aliphatic heterocycles. The molecule has 1 fully saturated rings. The van der Waals surface area contributed by atoms with E-state index in [4.69, 9.17) is 0 Å². The molecule has 98 valence electrons. The summed E-state index contributed by atoms with van der Waals surface area (Å²) in [6.45, 7) is 3.06. The fourth-order valence-corrected chi connectivity index (χ4v) is 1.92. The van der Waals surface area contributed by atoms with Crippen LogP contribution in [0.25, 0.3) is 11.8 Å². The van der Waals surface area contributed by atoms with Crippen LogP contribution in [0.1, 0.15) is 25.5 Å². The number of hydrogen-bond donors (Lipinski definition) is 1. The highest BCUT2D eigenvalue weighted by Crippen LogP contribution is 2.18. The van der Waals surface area contributed by atoms with Gasteiger partial charge in [0.1, 0.15) is 5.69 Å². The summed E-state index contributed by atoms with van der Waals surface area (Å²) in [5.74, 6) is 0. The third-order valence-electron chi connectivity index (χ3n) is 3.14. The fourth-order valence-electron chi connectivity index (χ4n) is 1.92. The first kappa shape index (κ1) is 12.1. The first-order valence-electron chi connectivity index (χ1n) is 6.69. The highest BCUT2D eigenvalue weighted by Gasteiger charge is 2.19. The van der Waals surface area contributed by atoms with E-state index in [-0.39, 0.29) is 0 Å². The summed E-state index contributed by atoms with van der Waals surface area (Å²) in [5.41, 5.74) is 3.17. The molecule has 0 atom stereocenters. The van der Waals surface area contributed by atoms with E-state index in [0.717, 1.165) is 24.0 Å². The Morgan fingerprint density at radius 1 is 1.37 bits per heavy atom. The van der Waals surface area contributed by atoms with Crippen molar-refractivity contribution in [3.63, 3.8) is 0 Å². The molecule has 4 nitrogen and oxygen atoms in total. The molecule has 19 heavy (non-hydrogen) atoms. The van der Waals surface area contributed by atoms with Crippen LogP contribution in [0, 0.1) is 0 Å². The van der Waals surface area contributed by atoms with E-state index in [1.807, 2.05) is 30.3 Å². The van der Waals surface area contributed by atoms with Gasteiger partial charge in [0, 0.05) is 12.6 Å². The number of hydrogen-bond acceptors (Lipinski definition) is 3. The Hall–Kier alpha value is -1.94. The average molecular weight is 254 g/mol. The smallest absolute Gasteiger partial charge is 0.106 e. The molecular weight excluding hydrogens is 236 g/mol. The minimum Gasteiger partial charge on any atom is -0.310 e. The summed E-state index contributed by atoms with van der Waals surface area (Å²) in [4.78, 5) is 1.66. The van der Waals surface area contributed by atoms with Gasteiger partial charge in [-0.05, 0) is 38.0 Å². The number of nitrogens with one attached hydrogen (secondary N) is 1. The van der Waals surface area contributed by atoms with Crippen LogP contribution in [0.2, 0.25) is 0 Å². The first-order valence-corrected chi connectivity index (χ1v) is 6.69. The van der Waals surface area contributed by atoms with Crippen molar-refractivity contribution in [3.05, 3.63) is 47.8 Å². The van der Waals surface area contributed by atoms with Gasteiger partial charge in [-0.3, -0.25) is 0 Å². The molecule has 2 aromatic rings. The van der Waals surface area contributed by atoms with Gasteiger partial charge in [-0.15, -0.1) is 5.10 Å². The van der Waals surface area contributed by atoms with Crippen LogP contribution in [0.4, 0.5) is 0 Å². The lowest BCUT2D eigenvalue weighted by atomic mass is 10.2. The van der Waals surface area contributed by atoms with Crippen LogP contribution in [-0.2, 0) is 0 Å². The number of nitrogens with zero attached hydrogens (tertiary/aromatic N) is 3. The molecule has 1 aromatic carbocycles. The van der Waals surface area contributed by atoms with Crippen LogP contribution in [-0.4, -0.2) is 27.6 Å². The molecule has 0 spiro atoms. The van der Waals surface area contributed by atoms with Crippen molar-refractivity contribution in [2.24, 2.45) is 0 Å². The second kappa shape index (κ2) is 5.36. The summed E-state index contributed by atoms with van der Waals surface area (Å²) in [6.07, 6.45) is 6.52. The maximum Gasteiger partial charge on any atom is 0.106 e. The van der Waals surface area contributed by atoms with Gasteiger partial charge >= 0.3 is 0 Å². The van der Waals surface area contributed by atoms with Crippen molar-refractivity contribution < 1.29 is 0 Å². The summed E-state index contributed by atoms with van der Waals surface area (Å²) >= 11 is 0. The molecule has 1 aromatic heterocycles. The first-order chi connectivity index (χ1) is 9.31. The van der Waals surface area contributed by atoms with Crippen LogP contribution in [0.15, 0.2) is 42.1 Å². The van der Waals surface area contributed by atoms with Gasteiger partial charge in [0.2, 0.25) is 0 Å². The van der Waals surface area contributed by atoms with Gasteiger partial charge in [0.05, 0.1) is 11.9 Å². The molecule has 1 saturated carbocycles. The Bertz CT molecular complexity index is 567. The zero-order chi connectivity index (χ0) is 13.1. The zero-order valence-electron chi connectivity index (χ0n) is 11.1. The average Bonchev–Trinajstić information content (AvgIpc) is 3.16. The molecule has 1 N–H and O–H groups in total. The number of benzene rings is 1. The van der Waals surface area contributed by atoms with E-state index in [9.17, 15) is 0 Å². The molecule has 0 amide bonds. The minimum absolute atomic E-state index is 0.739. The van der Waals surface area contributed by atoms with Crippen molar-refractivity contribution in [1.29, 1.82) is 0 Å². The van der Waals surface area contributed by atoms with Crippen LogP contribution in [0.3, 0.4) is 0 Å². The third-order valence-corrected chi connectivity index (χ3v) is 3.14. The minimum atomic E-state index is 0.739. The van der Waals surface area contributed by atoms with Crippen molar-refractivity contribution in [2.75, 3.05) is 6.54 Å². The number of rotatable bonds is 5. The molecule has 4 heteroatoms. The maximum atomic E-state index is 4.46. The quantitative estimate of drug-likeness (QED) is 0.891. The SMILES string of the molecule is CC(=Cc1cnn(-c2ccccc2)n1)CNC1CC1. The fraction of sp³-hybridized carbons (Fsp3) is 0.333. The Balaban J connectivity index is 1.68. The summed E-state index contributed by atoms with van der Waals surface area (Å²) < 4.78 is 0. The molecule has 3 rings (SSSR count). The Kier molecular flexibility index (Phi) is 3.42. The number of aromatic nitrogens is 3. The van der Waals surface area contributed by atoms with Crippen molar-refractivity contribution in [3.8, 4) is 5.69 Å². The second-order valence-corrected chi connectivity index (χ2v) is 5.04. The predicted molar refractivity (Wildman–Crippen MR) is 76.0 cm³/mol. The van der Waals surface area contributed by atoms with Gasteiger partial charge in [-0.2, -0.15) is 9.90 Å². The molecule has 1 heterocycles. The highest BCUT2D eigenvalue weighted by molar-refractivity contribution is 5.47. The molecule has 0 unspecified atom stereocenters. The molecule has 0 bridgehead atoms. The Morgan fingerprint density at radius 3 is 2.89 bits per heavy atom. The third kappa shape index (κ3) is 3.29. The summed E-state index contributed by atoms with van der Waals surface area (Å²) in [6, 6.07) is 10.7. The second-order valence-electron chi connectivity index (χ2n) is 5.04. The zero-order valence-corrected chi connectivity index (χ0v) is 11.1. The van der Waals surface area contributed by atoms with E-state index in [2.05, 4.69) is 28.5 Å². The lowest BCUT2D eigenvalue weighted by Crippen LogP contribution is -2.18. The van der Waals surface area contributed by atoms with Gasteiger partial charge < -0.3 is 5.32 Å². The lowest BCUT2D eigenvalue weighted by Gasteiger charge is -2.01. The largest absolute Gasteiger partial charge is 0.310 e. The van der Waals surface area contributed by atoms with Gasteiger partial charge in [-0.1, -0.05) is 23.8 Å². The van der Waals surface area contributed by atoms with Gasteiger partial charge in [-0.25, -0.2) is 0 Å². The summed E-state index contributed by atoms with van der Waals surface area (Å²) in [7, 11) is 0. The molecule has 0 saturated heterocycles. The van der Waals surface area contributed by atoms with Gasteiger partial charge in [0.15, 0.2) is 0 Å². The van der Waals surface area contributed by atoms with Crippen LogP contribution in [0.5, 0.6) is 0 Å². The van der Waals surface area contributed by atoms with E-state index in [1.165, 1.54) is 18.4 Å². The molecule has 0 radical (unpaired) electrons. The van der Waals surface area contributed by atoms with Crippen LogP contribution < -0.4 is 5.32 Å². The Labute approximate surface area is 113 Å². The van der Waals surface area contributed by atoms with E-state index in [0.29, 0.717) is 0 Å². The van der Waals surface area contributed by atoms with Crippen molar-refractivity contribution in [1.82, 2.24) is 20.3 Å². The predicted octanol–water partition coefficient (Wildman–Crippen LogP) is 2.42. The van der Waals surface area contributed by atoms with E-state index >= 15 is 0 Å². The van der Waals surface area contributed by atoms with Gasteiger partial charge in [0.25, 0.3) is 0 Å². The van der Waals surface area contributed by atoms with Crippen molar-refractivity contribution in [2.45, 2.75) is 25.8 Å². The van der Waals surface area contributed by atoms with Crippen LogP contribution >= 0.6 is 0 Å². The maximum absolute atomic E-state index is 4.46. The standard InChI is InChI=1S/C15H18N4/c1-12(10-16-13-7-8-13)9-14-11-17-19(18-14)15-5-3-2-4-6-15/h2-6,9,11,13,16H,7-8,10H2,1H3. The molecular formula is C15H18N4. The summed E-state index contributed by atoms with van der Waals surface area (Å²) in [5, 5.41) is 12.2. The van der Waals surface area contributed by atoms with E-state index < -0.39 is 0 Å². The highest BCUT2D eigenvalue weighted by atomic mass is 15.5. The molecule has 1 aliphatic rings. The monoisotopic (exact) mass is 254 g/mol. The number of para-hydroxylation sites is 1. The van der Waals surface area contributed by atoms with Crippen molar-refractivity contribution >= 4 is 6.08 Å². The normalized spacial score (nSPS) is 15.7. The molecule has 1 aliphatic carbocycles.